The maximum atomic E-state index is 13.2. The van der Waals surface area contributed by atoms with Crippen molar-refractivity contribution in [2.45, 2.75) is 31.8 Å². The molecule has 6 heteroatoms. The van der Waals surface area contributed by atoms with Gasteiger partial charge < -0.3 is 0 Å². The van der Waals surface area contributed by atoms with Crippen molar-refractivity contribution in [1.29, 1.82) is 0 Å². The summed E-state index contributed by atoms with van der Waals surface area (Å²) >= 11 is 1.56. The lowest BCUT2D eigenvalue weighted by Gasteiger charge is -2.22. The fraction of sp³-hybridized carbons (Fsp3) is 0.211. The summed E-state index contributed by atoms with van der Waals surface area (Å²) in [6.45, 7) is 4.47. The number of hydrogen-bond acceptors (Lipinski definition) is 4. The van der Waals surface area contributed by atoms with E-state index in [-0.39, 0.29) is 6.54 Å². The Bertz CT molecular complexity index is 937. The van der Waals surface area contributed by atoms with Crippen LogP contribution in [0.4, 0.5) is 0 Å². The lowest BCUT2D eigenvalue weighted by atomic mass is 10.1. The summed E-state index contributed by atoms with van der Waals surface area (Å²) in [6, 6.07) is 12.8. The fourth-order valence-electron chi connectivity index (χ4n) is 2.51. The van der Waals surface area contributed by atoms with Crippen molar-refractivity contribution < 1.29 is 8.42 Å². The average Bonchev–Trinajstić information content (AvgIpc) is 3.11. The molecular weight excluding hydrogens is 352 g/mol. The van der Waals surface area contributed by atoms with Crippen LogP contribution in [-0.2, 0) is 23.1 Å². The van der Waals surface area contributed by atoms with Crippen LogP contribution in [0.15, 0.2) is 64.3 Å². The minimum absolute atomic E-state index is 0.242. The molecule has 25 heavy (non-hydrogen) atoms. The monoisotopic (exact) mass is 372 g/mol. The predicted octanol–water partition coefficient (Wildman–Crippen LogP) is 4.15. The molecule has 3 rings (SSSR count). The number of nitrogens with zero attached hydrogens (tertiary/aromatic N) is 2. The zero-order valence-corrected chi connectivity index (χ0v) is 15.8. The van der Waals surface area contributed by atoms with E-state index in [1.54, 1.807) is 29.7 Å². The highest BCUT2D eigenvalue weighted by atomic mass is 32.2. The second-order valence-electron chi connectivity index (χ2n) is 5.97. The van der Waals surface area contributed by atoms with Crippen molar-refractivity contribution in [2.24, 2.45) is 0 Å². The Balaban J connectivity index is 1.97. The van der Waals surface area contributed by atoms with E-state index in [0.717, 1.165) is 22.4 Å². The second-order valence-corrected chi connectivity index (χ2v) is 8.69. The van der Waals surface area contributed by atoms with Crippen LogP contribution in [-0.4, -0.2) is 17.7 Å². The van der Waals surface area contributed by atoms with Crippen molar-refractivity contribution in [1.82, 2.24) is 9.29 Å². The van der Waals surface area contributed by atoms with Gasteiger partial charge in [-0.05, 0) is 71.6 Å². The van der Waals surface area contributed by atoms with Gasteiger partial charge >= 0.3 is 0 Å². The Kier molecular flexibility index (Phi) is 5.32. The van der Waals surface area contributed by atoms with E-state index in [2.05, 4.69) is 4.98 Å². The first-order valence-corrected chi connectivity index (χ1v) is 10.3. The largest absolute Gasteiger partial charge is 0.260 e. The van der Waals surface area contributed by atoms with Crippen molar-refractivity contribution in [3.63, 3.8) is 0 Å². The molecule has 0 radical (unpaired) electrons. The molecule has 0 atom stereocenters. The van der Waals surface area contributed by atoms with Crippen LogP contribution in [0, 0.1) is 13.8 Å². The van der Waals surface area contributed by atoms with Gasteiger partial charge in [-0.1, -0.05) is 12.1 Å². The van der Waals surface area contributed by atoms with Gasteiger partial charge in [0.25, 0.3) is 0 Å². The van der Waals surface area contributed by atoms with Crippen LogP contribution >= 0.6 is 11.3 Å². The molecule has 0 N–H and O–H groups in total. The number of hydrogen-bond donors (Lipinski definition) is 0. The summed E-state index contributed by atoms with van der Waals surface area (Å²) in [6.07, 6.45) is 1.68. The number of rotatable bonds is 6. The fourth-order valence-corrected chi connectivity index (χ4v) is 4.65. The predicted molar refractivity (Wildman–Crippen MR) is 101 cm³/mol. The summed E-state index contributed by atoms with van der Waals surface area (Å²) in [5, 5.41) is 3.93. The van der Waals surface area contributed by atoms with Gasteiger partial charge in [-0.2, -0.15) is 15.6 Å². The van der Waals surface area contributed by atoms with E-state index in [0.29, 0.717) is 11.4 Å². The minimum atomic E-state index is -3.62. The van der Waals surface area contributed by atoms with Gasteiger partial charge in [-0.3, -0.25) is 4.98 Å². The zero-order chi connectivity index (χ0) is 17.9. The molecule has 2 aromatic heterocycles. The van der Waals surface area contributed by atoms with E-state index >= 15 is 0 Å². The summed E-state index contributed by atoms with van der Waals surface area (Å²) in [5.41, 5.74) is 3.75. The molecule has 1 aromatic carbocycles. The number of aromatic nitrogens is 1. The van der Waals surface area contributed by atoms with Crippen LogP contribution in [0.2, 0.25) is 0 Å². The molecule has 0 aliphatic heterocycles. The van der Waals surface area contributed by atoms with Crippen LogP contribution in [0.25, 0.3) is 0 Å². The van der Waals surface area contributed by atoms with Gasteiger partial charge in [-0.15, -0.1) is 0 Å². The Morgan fingerprint density at radius 3 is 2.52 bits per heavy atom. The highest BCUT2D eigenvalue weighted by molar-refractivity contribution is 7.89. The van der Waals surface area contributed by atoms with Gasteiger partial charge in [-0.25, -0.2) is 8.42 Å². The molecule has 0 saturated heterocycles. The molecule has 0 fully saturated rings. The molecule has 0 spiro atoms. The van der Waals surface area contributed by atoms with E-state index in [4.69, 9.17) is 0 Å². The third-order valence-electron chi connectivity index (χ3n) is 4.12. The third kappa shape index (κ3) is 4.15. The third-order valence-corrected chi connectivity index (χ3v) is 6.64. The zero-order valence-electron chi connectivity index (χ0n) is 14.2. The molecule has 130 valence electrons. The van der Waals surface area contributed by atoms with Crippen LogP contribution < -0.4 is 0 Å². The molecule has 0 amide bonds. The Labute approximate surface area is 152 Å². The lowest BCUT2D eigenvalue weighted by Crippen LogP contribution is -2.30. The smallest absolute Gasteiger partial charge is 0.243 e. The standard InChI is InChI=1S/C19H20N2O2S2/c1-15-6-7-19(11-16(15)2)25(22,23)21(12-17-8-10-24-14-17)13-18-5-3-4-9-20-18/h3-11,14H,12-13H2,1-2H3. The summed E-state index contributed by atoms with van der Waals surface area (Å²) in [5.74, 6) is 0. The topological polar surface area (TPSA) is 50.3 Å². The minimum Gasteiger partial charge on any atom is -0.260 e. The first-order chi connectivity index (χ1) is 12.0. The molecule has 0 bridgehead atoms. The molecule has 0 saturated carbocycles. The van der Waals surface area contributed by atoms with Crippen LogP contribution in [0.3, 0.4) is 0 Å². The first kappa shape index (κ1) is 17.8. The van der Waals surface area contributed by atoms with Crippen molar-refractivity contribution >= 4 is 21.4 Å². The number of aryl methyl sites for hydroxylation is 2. The maximum Gasteiger partial charge on any atom is 0.243 e. The highest BCUT2D eigenvalue weighted by Gasteiger charge is 2.25. The molecule has 0 unspecified atom stereocenters. The summed E-state index contributed by atoms with van der Waals surface area (Å²) in [7, 11) is -3.62. The lowest BCUT2D eigenvalue weighted by molar-refractivity contribution is 0.397. The Morgan fingerprint density at radius 1 is 1.04 bits per heavy atom. The molecule has 2 heterocycles. The van der Waals surface area contributed by atoms with Crippen molar-refractivity contribution in [3.05, 3.63) is 81.8 Å². The van der Waals surface area contributed by atoms with Crippen molar-refractivity contribution in [2.75, 3.05) is 0 Å². The highest BCUT2D eigenvalue weighted by Crippen LogP contribution is 2.23. The van der Waals surface area contributed by atoms with Gasteiger partial charge in [0.2, 0.25) is 10.0 Å². The summed E-state index contributed by atoms with van der Waals surface area (Å²) in [4.78, 5) is 4.60. The number of thiophene rings is 1. The van der Waals surface area contributed by atoms with Gasteiger partial charge in [0.1, 0.15) is 0 Å². The van der Waals surface area contributed by atoms with Gasteiger partial charge in [0, 0.05) is 12.7 Å². The molecule has 0 aliphatic rings. The van der Waals surface area contributed by atoms with Gasteiger partial charge in [0.05, 0.1) is 17.1 Å². The average molecular weight is 373 g/mol. The number of benzene rings is 1. The quantitative estimate of drug-likeness (QED) is 0.653. The maximum absolute atomic E-state index is 13.2. The normalized spacial score (nSPS) is 11.8. The molecule has 0 aliphatic carbocycles. The van der Waals surface area contributed by atoms with Crippen LogP contribution in [0.5, 0.6) is 0 Å². The Morgan fingerprint density at radius 2 is 1.88 bits per heavy atom. The van der Waals surface area contributed by atoms with E-state index in [9.17, 15) is 8.42 Å². The van der Waals surface area contributed by atoms with E-state index in [1.807, 2.05) is 54.9 Å². The van der Waals surface area contributed by atoms with Crippen molar-refractivity contribution in [3.8, 4) is 0 Å². The second kappa shape index (κ2) is 7.47. The van der Waals surface area contributed by atoms with E-state index < -0.39 is 10.0 Å². The first-order valence-electron chi connectivity index (χ1n) is 7.95. The Hall–Kier alpha value is -2.02. The van der Waals surface area contributed by atoms with Gasteiger partial charge in [0.15, 0.2) is 0 Å². The van der Waals surface area contributed by atoms with E-state index in [1.165, 1.54) is 4.31 Å². The molecular formula is C19H20N2O2S2. The number of sulfonamides is 1. The number of pyridine rings is 1. The summed E-state index contributed by atoms with van der Waals surface area (Å²) < 4.78 is 27.9. The SMILES string of the molecule is Cc1ccc(S(=O)(=O)N(Cc2ccsc2)Cc2ccccn2)cc1C. The molecule has 4 nitrogen and oxygen atoms in total. The molecule has 3 aromatic rings. The van der Waals surface area contributed by atoms with Crippen LogP contribution in [0.1, 0.15) is 22.4 Å².